The number of ether oxygens (including phenoxy) is 2. The van der Waals surface area contributed by atoms with E-state index in [0.29, 0.717) is 24.7 Å². The Bertz CT molecular complexity index is 337. The van der Waals surface area contributed by atoms with Crippen molar-refractivity contribution in [2.24, 2.45) is 5.73 Å². The van der Waals surface area contributed by atoms with Crippen LogP contribution in [0.25, 0.3) is 0 Å². The Morgan fingerprint density at radius 2 is 2.53 bits per heavy atom. The molecular weight excluding hydrogens is 242 g/mol. The van der Waals surface area contributed by atoms with Gasteiger partial charge in [0.05, 0.1) is 19.1 Å². The monoisotopic (exact) mass is 259 g/mol. The summed E-state index contributed by atoms with van der Waals surface area (Å²) in [6.45, 7) is 1.17. The Morgan fingerprint density at radius 1 is 1.65 bits per heavy atom. The van der Waals surface area contributed by atoms with Crippen LogP contribution in [0.1, 0.15) is 17.8 Å². The summed E-state index contributed by atoms with van der Waals surface area (Å²) in [6, 6.07) is 0. The molecule has 2 N–H and O–H groups in total. The third-order valence-electron chi connectivity index (χ3n) is 2.59. The van der Waals surface area contributed by atoms with Crippen LogP contribution in [0.2, 0.25) is 0 Å². The van der Waals surface area contributed by atoms with Crippen LogP contribution >= 0.6 is 11.8 Å². The number of methoxy groups -OCH3 is 1. The average molecular weight is 259 g/mol. The number of thioether (sulfide) groups is 1. The summed E-state index contributed by atoms with van der Waals surface area (Å²) in [6.07, 6.45) is 0.412. The van der Waals surface area contributed by atoms with Gasteiger partial charge < -0.3 is 19.7 Å². The highest BCUT2D eigenvalue weighted by Gasteiger charge is 2.22. The third-order valence-corrected chi connectivity index (χ3v) is 3.58. The maximum atomic E-state index is 5.57. The van der Waals surface area contributed by atoms with Crippen LogP contribution in [-0.2, 0) is 15.9 Å². The van der Waals surface area contributed by atoms with Crippen molar-refractivity contribution in [2.45, 2.75) is 18.6 Å². The highest BCUT2D eigenvalue weighted by Crippen LogP contribution is 2.24. The first-order valence-electron chi connectivity index (χ1n) is 5.58. The second kappa shape index (κ2) is 6.34. The molecule has 2 unspecified atom stereocenters. The van der Waals surface area contributed by atoms with Gasteiger partial charge in [-0.1, -0.05) is 5.16 Å². The van der Waals surface area contributed by atoms with Crippen LogP contribution in [-0.4, -0.2) is 48.0 Å². The lowest BCUT2D eigenvalue weighted by atomic mass is 10.2. The molecule has 0 radical (unpaired) electrons. The van der Waals surface area contributed by atoms with Crippen LogP contribution in [0.4, 0.5) is 0 Å². The van der Waals surface area contributed by atoms with Gasteiger partial charge in [-0.25, -0.2) is 0 Å². The van der Waals surface area contributed by atoms with Crippen LogP contribution in [0.3, 0.4) is 0 Å². The molecule has 1 fully saturated rings. The van der Waals surface area contributed by atoms with E-state index in [2.05, 4.69) is 10.1 Å². The number of hydrogen-bond acceptors (Lipinski definition) is 7. The minimum atomic E-state index is -0.0788. The van der Waals surface area contributed by atoms with E-state index in [-0.39, 0.29) is 12.2 Å². The lowest BCUT2D eigenvalue weighted by molar-refractivity contribution is 0.0677. The van der Waals surface area contributed by atoms with Crippen molar-refractivity contribution in [3.8, 4) is 0 Å². The van der Waals surface area contributed by atoms with Gasteiger partial charge in [-0.05, 0) is 0 Å². The zero-order valence-electron chi connectivity index (χ0n) is 9.80. The lowest BCUT2D eigenvalue weighted by Crippen LogP contribution is -2.24. The largest absolute Gasteiger partial charge is 0.380 e. The van der Waals surface area contributed by atoms with Gasteiger partial charge in [0.2, 0.25) is 11.7 Å². The molecule has 1 aliphatic heterocycles. The summed E-state index contributed by atoms with van der Waals surface area (Å²) in [5.41, 5.74) is 5.54. The quantitative estimate of drug-likeness (QED) is 0.818. The molecule has 2 atom stereocenters. The molecule has 2 heterocycles. The van der Waals surface area contributed by atoms with Crippen molar-refractivity contribution in [1.29, 1.82) is 0 Å². The minimum absolute atomic E-state index is 0.0508. The van der Waals surface area contributed by atoms with Crippen molar-refractivity contribution < 1.29 is 14.0 Å². The second-order valence-corrected chi connectivity index (χ2v) is 4.93. The first kappa shape index (κ1) is 12.8. The van der Waals surface area contributed by atoms with Gasteiger partial charge in [-0.2, -0.15) is 16.7 Å². The Kier molecular flexibility index (Phi) is 4.78. The molecule has 96 valence electrons. The summed E-state index contributed by atoms with van der Waals surface area (Å²) in [5, 5.41) is 3.94. The smallest absolute Gasteiger partial charge is 0.229 e. The van der Waals surface area contributed by atoms with E-state index >= 15 is 0 Å². The molecule has 6 nitrogen and oxygen atoms in total. The molecule has 0 spiro atoms. The molecule has 1 aliphatic rings. The first-order chi connectivity index (χ1) is 8.33. The number of rotatable bonds is 5. The highest BCUT2D eigenvalue weighted by molar-refractivity contribution is 7.99. The van der Waals surface area contributed by atoms with Gasteiger partial charge in [0.15, 0.2) is 0 Å². The Hall–Kier alpha value is -0.630. The normalized spacial score (nSPS) is 22.6. The molecule has 0 bridgehead atoms. The average Bonchev–Trinajstić information content (AvgIpc) is 2.85. The zero-order chi connectivity index (χ0) is 12.1. The molecule has 1 saturated heterocycles. The summed E-state index contributed by atoms with van der Waals surface area (Å²) in [7, 11) is 1.62. The lowest BCUT2D eigenvalue weighted by Gasteiger charge is -2.18. The minimum Gasteiger partial charge on any atom is -0.380 e. The fraction of sp³-hybridized carbons (Fsp3) is 0.800. The zero-order valence-corrected chi connectivity index (χ0v) is 10.6. The number of nitrogens with two attached hydrogens (primary N) is 1. The Balaban J connectivity index is 1.94. The molecule has 2 rings (SSSR count). The van der Waals surface area contributed by atoms with Crippen LogP contribution in [0.5, 0.6) is 0 Å². The summed E-state index contributed by atoms with van der Waals surface area (Å²) in [5.74, 6) is 3.08. The summed E-state index contributed by atoms with van der Waals surface area (Å²) < 4.78 is 15.9. The van der Waals surface area contributed by atoms with Crippen molar-refractivity contribution in [3.63, 3.8) is 0 Å². The standard InChI is InChI=1S/C10H17N3O3S/c1-14-7(5-11)4-9-12-10(13-16-9)8-6-17-3-2-15-8/h7-8H,2-6,11H2,1H3. The molecule has 0 aromatic carbocycles. The summed E-state index contributed by atoms with van der Waals surface area (Å²) >= 11 is 1.84. The summed E-state index contributed by atoms with van der Waals surface area (Å²) in [4.78, 5) is 4.32. The molecule has 0 saturated carbocycles. The van der Waals surface area contributed by atoms with E-state index < -0.39 is 0 Å². The Labute approximate surface area is 104 Å². The van der Waals surface area contributed by atoms with E-state index in [0.717, 1.165) is 18.1 Å². The third kappa shape index (κ3) is 3.41. The van der Waals surface area contributed by atoms with Gasteiger partial charge in [0.25, 0.3) is 0 Å². The predicted octanol–water partition coefficient (Wildman–Crippen LogP) is 0.390. The number of nitrogens with zero attached hydrogens (tertiary/aromatic N) is 2. The molecule has 0 amide bonds. The molecular formula is C10H17N3O3S. The Morgan fingerprint density at radius 3 is 3.18 bits per heavy atom. The van der Waals surface area contributed by atoms with E-state index in [1.54, 1.807) is 7.11 Å². The SMILES string of the molecule is COC(CN)Cc1nc(C2CSCCO2)no1. The number of aromatic nitrogens is 2. The first-order valence-corrected chi connectivity index (χ1v) is 6.73. The maximum absolute atomic E-state index is 5.57. The maximum Gasteiger partial charge on any atom is 0.229 e. The van der Waals surface area contributed by atoms with Gasteiger partial charge in [0.1, 0.15) is 6.10 Å². The topological polar surface area (TPSA) is 83.4 Å². The van der Waals surface area contributed by atoms with Gasteiger partial charge in [-0.3, -0.25) is 0 Å². The van der Waals surface area contributed by atoms with Gasteiger partial charge in [-0.15, -0.1) is 0 Å². The molecule has 17 heavy (non-hydrogen) atoms. The fourth-order valence-corrected chi connectivity index (χ4v) is 2.42. The van der Waals surface area contributed by atoms with Crippen molar-refractivity contribution in [1.82, 2.24) is 10.1 Å². The van der Waals surface area contributed by atoms with E-state index in [1.807, 2.05) is 11.8 Å². The van der Waals surface area contributed by atoms with E-state index in [4.69, 9.17) is 19.7 Å². The molecule has 1 aromatic rings. The number of hydrogen-bond donors (Lipinski definition) is 1. The van der Waals surface area contributed by atoms with Gasteiger partial charge >= 0.3 is 0 Å². The van der Waals surface area contributed by atoms with E-state index in [9.17, 15) is 0 Å². The van der Waals surface area contributed by atoms with Gasteiger partial charge in [0, 0.05) is 25.2 Å². The molecule has 7 heteroatoms. The highest BCUT2D eigenvalue weighted by atomic mass is 32.2. The van der Waals surface area contributed by atoms with Crippen molar-refractivity contribution in [2.75, 3.05) is 31.8 Å². The van der Waals surface area contributed by atoms with E-state index in [1.165, 1.54) is 0 Å². The molecule has 1 aromatic heterocycles. The van der Waals surface area contributed by atoms with Crippen LogP contribution in [0, 0.1) is 0 Å². The van der Waals surface area contributed by atoms with Crippen molar-refractivity contribution >= 4 is 11.8 Å². The van der Waals surface area contributed by atoms with Crippen LogP contribution < -0.4 is 5.73 Å². The predicted molar refractivity (Wildman–Crippen MR) is 63.9 cm³/mol. The van der Waals surface area contributed by atoms with Crippen molar-refractivity contribution in [3.05, 3.63) is 11.7 Å². The second-order valence-electron chi connectivity index (χ2n) is 3.78. The van der Waals surface area contributed by atoms with Crippen LogP contribution in [0.15, 0.2) is 4.52 Å². The molecule has 0 aliphatic carbocycles. The fourth-order valence-electron chi connectivity index (χ4n) is 1.58.